The summed E-state index contributed by atoms with van der Waals surface area (Å²) in [6.07, 6.45) is -5.05. The predicted octanol–water partition coefficient (Wildman–Crippen LogP) is 6.03. The molecule has 152 valence electrons. The van der Waals surface area contributed by atoms with Crippen molar-refractivity contribution < 1.29 is 17.7 Å². The first-order valence-corrected chi connectivity index (χ1v) is 11.1. The predicted molar refractivity (Wildman–Crippen MR) is 112 cm³/mol. The van der Waals surface area contributed by atoms with Crippen LogP contribution in [0.25, 0.3) is 0 Å². The summed E-state index contributed by atoms with van der Waals surface area (Å²) in [5.41, 5.74) is -2.55. The SMILES string of the molecule is CC[C@@](NP(=O)(c1ccccc1)c1ccccc1)(c1ccc(Cl)cc1)C(F)(F)F. The molecule has 3 aromatic carbocycles. The summed E-state index contributed by atoms with van der Waals surface area (Å²) in [7, 11) is -3.84. The van der Waals surface area contributed by atoms with E-state index in [1.165, 1.54) is 31.2 Å². The van der Waals surface area contributed by atoms with Crippen molar-refractivity contribution in [2.75, 3.05) is 0 Å². The molecule has 7 heteroatoms. The van der Waals surface area contributed by atoms with Crippen molar-refractivity contribution in [1.29, 1.82) is 0 Å². The van der Waals surface area contributed by atoms with Gasteiger partial charge in [-0.2, -0.15) is 13.2 Å². The van der Waals surface area contributed by atoms with Crippen LogP contribution in [0.3, 0.4) is 0 Å². The van der Waals surface area contributed by atoms with Crippen molar-refractivity contribution in [2.24, 2.45) is 0 Å². The lowest BCUT2D eigenvalue weighted by Crippen LogP contribution is -2.54. The number of nitrogens with one attached hydrogen (secondary N) is 1. The van der Waals surface area contributed by atoms with Crippen molar-refractivity contribution in [3.63, 3.8) is 0 Å². The highest BCUT2D eigenvalue weighted by Gasteiger charge is 2.57. The Morgan fingerprint density at radius 1 is 0.828 bits per heavy atom. The molecule has 0 fully saturated rings. The Morgan fingerprint density at radius 3 is 1.66 bits per heavy atom. The highest BCUT2D eigenvalue weighted by atomic mass is 35.5. The lowest BCUT2D eigenvalue weighted by molar-refractivity contribution is -0.196. The van der Waals surface area contributed by atoms with E-state index in [-0.39, 0.29) is 12.0 Å². The number of alkyl halides is 3. The van der Waals surface area contributed by atoms with Crippen LogP contribution in [0.2, 0.25) is 5.02 Å². The Hall–Kier alpha value is -2.07. The monoisotopic (exact) mass is 437 g/mol. The minimum Gasteiger partial charge on any atom is -0.296 e. The minimum absolute atomic E-state index is 0.0380. The molecule has 0 saturated heterocycles. The average Bonchev–Trinajstić information content (AvgIpc) is 2.73. The van der Waals surface area contributed by atoms with Gasteiger partial charge in [-0.3, -0.25) is 4.57 Å². The van der Waals surface area contributed by atoms with Crippen LogP contribution < -0.4 is 15.7 Å². The van der Waals surface area contributed by atoms with Gasteiger partial charge in [0.05, 0.1) is 0 Å². The molecule has 1 N–H and O–H groups in total. The maximum Gasteiger partial charge on any atom is 0.411 e. The number of hydrogen-bond donors (Lipinski definition) is 1. The first-order chi connectivity index (χ1) is 13.7. The molecule has 0 heterocycles. The number of halogens is 4. The molecule has 0 unspecified atom stereocenters. The van der Waals surface area contributed by atoms with Crippen molar-refractivity contribution in [2.45, 2.75) is 25.1 Å². The lowest BCUT2D eigenvalue weighted by Gasteiger charge is -2.39. The molecule has 3 rings (SSSR count). The van der Waals surface area contributed by atoms with Gasteiger partial charge in [0.2, 0.25) is 7.29 Å². The zero-order chi connectivity index (χ0) is 21.1. The van der Waals surface area contributed by atoms with Gasteiger partial charge in [0, 0.05) is 15.6 Å². The van der Waals surface area contributed by atoms with Gasteiger partial charge < -0.3 is 0 Å². The van der Waals surface area contributed by atoms with Gasteiger partial charge >= 0.3 is 6.18 Å². The molecule has 0 aliphatic rings. The van der Waals surface area contributed by atoms with Gasteiger partial charge in [-0.15, -0.1) is 0 Å². The summed E-state index contributed by atoms with van der Waals surface area (Å²) >= 11 is 5.89. The molecule has 0 bridgehead atoms. The third-order valence-corrected chi connectivity index (χ3v) is 7.94. The van der Waals surface area contributed by atoms with E-state index in [0.717, 1.165) is 0 Å². The topological polar surface area (TPSA) is 29.1 Å². The second kappa shape index (κ2) is 8.35. The summed E-state index contributed by atoms with van der Waals surface area (Å²) in [6, 6.07) is 21.9. The van der Waals surface area contributed by atoms with E-state index < -0.39 is 19.0 Å². The Labute approximate surface area is 173 Å². The van der Waals surface area contributed by atoms with Gasteiger partial charge in [0.1, 0.15) is 5.54 Å². The molecule has 0 aromatic heterocycles. The van der Waals surface area contributed by atoms with Crippen LogP contribution in [0.1, 0.15) is 18.9 Å². The fourth-order valence-electron chi connectivity index (χ4n) is 3.33. The second-order valence-electron chi connectivity index (χ2n) is 6.66. The Balaban J connectivity index is 2.24. The molecule has 0 spiro atoms. The first-order valence-electron chi connectivity index (χ1n) is 9.06. The van der Waals surface area contributed by atoms with E-state index >= 15 is 0 Å². The second-order valence-corrected chi connectivity index (χ2v) is 9.57. The van der Waals surface area contributed by atoms with Gasteiger partial charge in [0.15, 0.2) is 0 Å². The molecule has 0 aliphatic carbocycles. The maximum atomic E-state index is 14.5. The van der Waals surface area contributed by atoms with Gasteiger partial charge in [-0.25, -0.2) is 5.09 Å². The van der Waals surface area contributed by atoms with Crippen LogP contribution in [0.5, 0.6) is 0 Å². The van der Waals surface area contributed by atoms with E-state index in [2.05, 4.69) is 5.09 Å². The fourth-order valence-corrected chi connectivity index (χ4v) is 6.15. The zero-order valence-electron chi connectivity index (χ0n) is 15.7. The summed E-state index contributed by atoms with van der Waals surface area (Å²) < 4.78 is 57.8. The molecule has 0 saturated carbocycles. The third-order valence-electron chi connectivity index (χ3n) is 4.94. The van der Waals surface area contributed by atoms with Crippen molar-refractivity contribution in [3.05, 3.63) is 95.5 Å². The zero-order valence-corrected chi connectivity index (χ0v) is 17.3. The molecule has 0 amide bonds. The van der Waals surface area contributed by atoms with E-state index in [9.17, 15) is 17.7 Å². The maximum absolute atomic E-state index is 14.5. The van der Waals surface area contributed by atoms with Crippen molar-refractivity contribution in [1.82, 2.24) is 5.09 Å². The molecular weight excluding hydrogens is 418 g/mol. The van der Waals surface area contributed by atoms with Crippen LogP contribution in [0.4, 0.5) is 13.2 Å². The van der Waals surface area contributed by atoms with Crippen LogP contribution in [0, 0.1) is 0 Å². The highest BCUT2D eigenvalue weighted by molar-refractivity contribution is 7.77. The van der Waals surface area contributed by atoms with Crippen molar-refractivity contribution >= 4 is 29.5 Å². The van der Waals surface area contributed by atoms with Crippen LogP contribution in [-0.2, 0) is 10.1 Å². The number of hydrogen-bond acceptors (Lipinski definition) is 1. The summed E-state index contributed by atoms with van der Waals surface area (Å²) in [4.78, 5) is 0. The first kappa shape index (κ1) is 21.6. The molecule has 0 aliphatic heterocycles. The minimum atomic E-state index is -4.70. The average molecular weight is 438 g/mol. The molecular formula is C22H20ClF3NOP. The van der Waals surface area contributed by atoms with Gasteiger partial charge in [-0.05, 0) is 48.4 Å². The molecule has 1 atom stereocenters. The standard InChI is InChI=1S/C22H20ClF3NOP/c1-2-21(22(24,25)26,17-13-15-18(23)16-14-17)27-29(28,19-9-5-3-6-10-19)20-11-7-4-8-12-20/h3-16H,2H2,1H3,(H,27,28)/t21-/m1/s1. The molecule has 0 radical (unpaired) electrons. The van der Waals surface area contributed by atoms with Crippen LogP contribution >= 0.6 is 18.9 Å². The lowest BCUT2D eigenvalue weighted by atomic mass is 9.87. The van der Waals surface area contributed by atoms with Gasteiger partial charge in [0.25, 0.3) is 0 Å². The Morgan fingerprint density at radius 2 is 1.28 bits per heavy atom. The number of rotatable bonds is 6. The molecule has 2 nitrogen and oxygen atoms in total. The Kier molecular flexibility index (Phi) is 6.23. The van der Waals surface area contributed by atoms with Gasteiger partial charge in [-0.1, -0.05) is 67.1 Å². The van der Waals surface area contributed by atoms with E-state index in [4.69, 9.17) is 11.6 Å². The van der Waals surface area contributed by atoms with Crippen LogP contribution in [0.15, 0.2) is 84.9 Å². The van der Waals surface area contributed by atoms with E-state index in [0.29, 0.717) is 15.6 Å². The quantitative estimate of drug-likeness (QED) is 0.477. The van der Waals surface area contributed by atoms with Crippen molar-refractivity contribution in [3.8, 4) is 0 Å². The largest absolute Gasteiger partial charge is 0.411 e. The van der Waals surface area contributed by atoms with E-state index in [1.54, 1.807) is 60.7 Å². The highest BCUT2D eigenvalue weighted by Crippen LogP contribution is 2.51. The summed E-state index contributed by atoms with van der Waals surface area (Å²) in [5, 5.41) is 3.53. The van der Waals surface area contributed by atoms with E-state index in [1.807, 2.05) is 0 Å². The summed E-state index contributed by atoms with van der Waals surface area (Å²) in [6.45, 7) is 1.43. The van der Waals surface area contributed by atoms with Crippen LogP contribution in [-0.4, -0.2) is 6.18 Å². The smallest absolute Gasteiger partial charge is 0.296 e. The fraction of sp³-hybridized carbons (Fsp3) is 0.182. The normalized spacial score (nSPS) is 14.4. The third kappa shape index (κ3) is 4.13. The Bertz CT molecular complexity index is 951. The number of benzene rings is 3. The summed E-state index contributed by atoms with van der Waals surface area (Å²) in [5.74, 6) is 0. The molecule has 3 aromatic rings. The molecule has 29 heavy (non-hydrogen) atoms.